The maximum Gasteiger partial charge on any atom is 0.373 e. The van der Waals surface area contributed by atoms with E-state index in [9.17, 15) is 9.90 Å². The zero-order chi connectivity index (χ0) is 15.1. The first-order valence-electron chi connectivity index (χ1n) is 7.88. The van der Waals surface area contributed by atoms with Crippen LogP contribution in [0.15, 0.2) is 36.4 Å². The molecule has 1 heterocycles. The quantitative estimate of drug-likeness (QED) is 0.936. The number of aromatic carboxylic acids is 1. The molecule has 112 valence electrons. The Balaban J connectivity index is 1.78. The van der Waals surface area contributed by atoms with Crippen molar-refractivity contribution >= 4 is 5.97 Å². The predicted molar refractivity (Wildman–Crippen MR) is 82.6 cm³/mol. The van der Waals surface area contributed by atoms with Gasteiger partial charge < -0.3 is 5.11 Å². The van der Waals surface area contributed by atoms with Crippen LogP contribution in [0.2, 0.25) is 0 Å². The lowest BCUT2D eigenvalue weighted by molar-refractivity contribution is 0.0683. The van der Waals surface area contributed by atoms with Crippen LogP contribution < -0.4 is 0 Å². The number of rotatable bonds is 3. The Morgan fingerprint density at radius 2 is 1.91 bits per heavy atom. The summed E-state index contributed by atoms with van der Waals surface area (Å²) in [5.41, 5.74) is 2.57. The third kappa shape index (κ3) is 2.28. The number of nitrogens with zero attached hydrogens (tertiary/aromatic N) is 2. The molecule has 3 atom stereocenters. The molecule has 2 saturated carbocycles. The van der Waals surface area contributed by atoms with Crippen LogP contribution in [-0.2, 0) is 0 Å². The van der Waals surface area contributed by atoms with E-state index in [1.54, 1.807) is 0 Å². The lowest BCUT2D eigenvalue weighted by Gasteiger charge is -2.21. The van der Waals surface area contributed by atoms with E-state index >= 15 is 0 Å². The van der Waals surface area contributed by atoms with E-state index in [4.69, 9.17) is 0 Å². The molecular formula is C18H18N2O2. The fraction of sp³-hybridized carbons (Fsp3) is 0.389. The molecule has 1 N–H and O–H groups in total. The van der Waals surface area contributed by atoms with Crippen molar-refractivity contribution in [3.8, 4) is 11.3 Å². The number of fused-ring (bicyclic) bond motifs is 2. The molecule has 2 aliphatic rings. The average molecular weight is 294 g/mol. The Kier molecular flexibility index (Phi) is 3.17. The fourth-order valence-electron chi connectivity index (χ4n) is 4.12. The fourth-order valence-corrected chi connectivity index (χ4v) is 4.12. The van der Waals surface area contributed by atoms with Crippen LogP contribution in [0.4, 0.5) is 0 Å². The van der Waals surface area contributed by atoms with Crippen molar-refractivity contribution in [2.24, 2.45) is 11.8 Å². The van der Waals surface area contributed by atoms with Crippen molar-refractivity contribution in [1.82, 2.24) is 9.97 Å². The van der Waals surface area contributed by atoms with Crippen LogP contribution in [-0.4, -0.2) is 21.0 Å². The van der Waals surface area contributed by atoms with Gasteiger partial charge in [-0.15, -0.1) is 0 Å². The minimum Gasteiger partial charge on any atom is -0.475 e. The second-order valence-electron chi connectivity index (χ2n) is 6.45. The summed E-state index contributed by atoms with van der Waals surface area (Å²) in [5, 5.41) is 9.33. The van der Waals surface area contributed by atoms with Gasteiger partial charge in [-0.25, -0.2) is 14.8 Å². The predicted octanol–water partition coefficient (Wildman–Crippen LogP) is 3.75. The van der Waals surface area contributed by atoms with Crippen LogP contribution in [0, 0.1) is 11.8 Å². The number of carboxylic acid groups (broad SMARTS) is 1. The molecule has 0 amide bonds. The average Bonchev–Trinajstić information content (AvgIpc) is 3.18. The lowest BCUT2D eigenvalue weighted by Crippen LogP contribution is -2.14. The van der Waals surface area contributed by atoms with Crippen molar-refractivity contribution in [1.29, 1.82) is 0 Å². The first kappa shape index (κ1) is 13.4. The molecule has 0 spiro atoms. The number of aromatic nitrogens is 2. The Labute approximate surface area is 129 Å². The highest BCUT2D eigenvalue weighted by Gasteiger charge is 2.41. The van der Waals surface area contributed by atoms with Crippen molar-refractivity contribution in [3.63, 3.8) is 0 Å². The third-order valence-electron chi connectivity index (χ3n) is 5.12. The zero-order valence-corrected chi connectivity index (χ0v) is 12.3. The molecule has 3 unspecified atom stereocenters. The van der Waals surface area contributed by atoms with Crippen molar-refractivity contribution < 1.29 is 9.90 Å². The normalized spacial score (nSPS) is 26.3. The van der Waals surface area contributed by atoms with Gasteiger partial charge in [0, 0.05) is 17.2 Å². The van der Waals surface area contributed by atoms with E-state index in [0.29, 0.717) is 17.5 Å². The summed E-state index contributed by atoms with van der Waals surface area (Å²) in [6, 6.07) is 11.7. The molecule has 4 heteroatoms. The van der Waals surface area contributed by atoms with E-state index in [1.807, 2.05) is 36.4 Å². The third-order valence-corrected chi connectivity index (χ3v) is 5.12. The minimum atomic E-state index is -1.05. The first-order valence-corrected chi connectivity index (χ1v) is 7.88. The van der Waals surface area contributed by atoms with E-state index < -0.39 is 5.97 Å². The van der Waals surface area contributed by atoms with Crippen LogP contribution in [0.3, 0.4) is 0 Å². The lowest BCUT2D eigenvalue weighted by atomic mass is 9.86. The van der Waals surface area contributed by atoms with Gasteiger partial charge in [0.05, 0.1) is 5.69 Å². The van der Waals surface area contributed by atoms with Gasteiger partial charge in [0.2, 0.25) is 5.82 Å². The topological polar surface area (TPSA) is 63.1 Å². The first-order chi connectivity index (χ1) is 10.7. The summed E-state index contributed by atoms with van der Waals surface area (Å²) in [4.78, 5) is 20.0. The molecule has 22 heavy (non-hydrogen) atoms. The zero-order valence-electron chi connectivity index (χ0n) is 12.3. The van der Waals surface area contributed by atoms with Gasteiger partial charge in [0.1, 0.15) is 0 Å². The Hall–Kier alpha value is -2.23. The highest BCUT2D eigenvalue weighted by Crippen LogP contribution is 2.52. The van der Waals surface area contributed by atoms with Crippen LogP contribution in [0.5, 0.6) is 0 Å². The van der Waals surface area contributed by atoms with Gasteiger partial charge in [-0.1, -0.05) is 36.8 Å². The molecule has 0 radical (unpaired) electrons. The van der Waals surface area contributed by atoms with Gasteiger partial charge in [0.15, 0.2) is 0 Å². The SMILES string of the molecule is O=C(O)c1nc(-c2ccccc2)cc(C2CC3CCC2C3)n1. The van der Waals surface area contributed by atoms with Gasteiger partial charge >= 0.3 is 5.97 Å². The van der Waals surface area contributed by atoms with Crippen molar-refractivity contribution in [2.45, 2.75) is 31.6 Å². The summed E-state index contributed by atoms with van der Waals surface area (Å²) in [6.45, 7) is 0. The number of hydrogen-bond donors (Lipinski definition) is 1. The second-order valence-corrected chi connectivity index (χ2v) is 6.45. The Bertz CT molecular complexity index is 714. The number of carboxylic acids is 1. The summed E-state index contributed by atoms with van der Waals surface area (Å²) in [6.07, 6.45) is 5.00. The van der Waals surface area contributed by atoms with Crippen molar-refractivity contribution in [3.05, 3.63) is 47.9 Å². The molecule has 0 saturated heterocycles. The van der Waals surface area contributed by atoms with Gasteiger partial charge in [-0.2, -0.15) is 0 Å². The summed E-state index contributed by atoms with van der Waals surface area (Å²) in [5.74, 6) is 0.743. The smallest absolute Gasteiger partial charge is 0.373 e. The van der Waals surface area contributed by atoms with Gasteiger partial charge in [-0.3, -0.25) is 0 Å². The molecule has 1 aromatic carbocycles. The molecule has 4 nitrogen and oxygen atoms in total. The highest BCUT2D eigenvalue weighted by molar-refractivity contribution is 5.84. The number of carbonyl (C=O) groups is 1. The number of hydrogen-bond acceptors (Lipinski definition) is 3. The summed E-state index contributed by atoms with van der Waals surface area (Å²) < 4.78 is 0. The molecule has 2 bridgehead atoms. The van der Waals surface area contributed by atoms with Gasteiger partial charge in [0.25, 0.3) is 0 Å². The molecule has 0 aliphatic heterocycles. The van der Waals surface area contributed by atoms with E-state index in [2.05, 4.69) is 9.97 Å². The van der Waals surface area contributed by atoms with Crippen molar-refractivity contribution in [2.75, 3.05) is 0 Å². The minimum absolute atomic E-state index is 0.0841. The van der Waals surface area contributed by atoms with E-state index in [1.165, 1.54) is 19.3 Å². The molecule has 2 aromatic rings. The maximum absolute atomic E-state index is 11.4. The van der Waals surface area contributed by atoms with Gasteiger partial charge in [-0.05, 0) is 37.2 Å². The molecule has 2 fully saturated rings. The van der Waals surface area contributed by atoms with E-state index in [0.717, 1.165) is 23.6 Å². The maximum atomic E-state index is 11.4. The van der Waals surface area contributed by atoms with Crippen LogP contribution in [0.1, 0.15) is 47.9 Å². The number of benzene rings is 1. The monoisotopic (exact) mass is 294 g/mol. The van der Waals surface area contributed by atoms with Crippen LogP contribution >= 0.6 is 0 Å². The Morgan fingerprint density at radius 1 is 1.09 bits per heavy atom. The summed E-state index contributed by atoms with van der Waals surface area (Å²) in [7, 11) is 0. The molecular weight excluding hydrogens is 276 g/mol. The van der Waals surface area contributed by atoms with Crippen LogP contribution in [0.25, 0.3) is 11.3 Å². The summed E-state index contributed by atoms with van der Waals surface area (Å²) >= 11 is 0. The second kappa shape index (κ2) is 5.20. The molecule has 4 rings (SSSR count). The Morgan fingerprint density at radius 3 is 2.55 bits per heavy atom. The standard InChI is InChI=1S/C18H18N2O2/c21-18(22)17-19-15(12-4-2-1-3-5-12)10-16(20-17)14-9-11-6-7-13(14)8-11/h1-5,10-11,13-14H,6-9H2,(H,21,22). The van der Waals surface area contributed by atoms with E-state index in [-0.39, 0.29) is 5.82 Å². The molecule has 2 aliphatic carbocycles. The largest absolute Gasteiger partial charge is 0.475 e. The highest BCUT2D eigenvalue weighted by atomic mass is 16.4. The molecule has 1 aromatic heterocycles.